The second kappa shape index (κ2) is 9.76. The van der Waals surface area contributed by atoms with Crippen LogP contribution in [-0.2, 0) is 22.6 Å². The molecule has 0 spiro atoms. The Labute approximate surface area is 186 Å². The normalized spacial score (nSPS) is 13.6. The number of nitrogens with zero attached hydrogens (tertiary/aromatic N) is 4. The molecule has 1 aliphatic rings. The largest absolute Gasteiger partial charge is 0.474 e. The number of carbonyl (C=O) groups is 2. The lowest BCUT2D eigenvalue weighted by Crippen LogP contribution is -2.34. The zero-order valence-electron chi connectivity index (χ0n) is 18.4. The molecular formula is C23H28N6O3. The first-order chi connectivity index (χ1) is 15.5. The number of nitrogens with one attached hydrogen (secondary N) is 2. The van der Waals surface area contributed by atoms with Crippen molar-refractivity contribution in [2.24, 2.45) is 0 Å². The van der Waals surface area contributed by atoms with Gasteiger partial charge in [-0.1, -0.05) is 0 Å². The molecule has 0 unspecified atom stereocenters. The molecule has 0 aromatic carbocycles. The fourth-order valence-corrected chi connectivity index (χ4v) is 3.59. The Balaban J connectivity index is 1.41. The van der Waals surface area contributed by atoms with Crippen molar-refractivity contribution in [1.82, 2.24) is 30.4 Å². The molecule has 0 radical (unpaired) electrons. The maximum atomic E-state index is 12.3. The van der Waals surface area contributed by atoms with Gasteiger partial charge in [0, 0.05) is 49.6 Å². The number of hydrogen-bond acceptors (Lipinski definition) is 6. The van der Waals surface area contributed by atoms with Crippen LogP contribution in [0.2, 0.25) is 0 Å². The minimum Gasteiger partial charge on any atom is -0.474 e. The van der Waals surface area contributed by atoms with E-state index in [0.29, 0.717) is 37.3 Å². The summed E-state index contributed by atoms with van der Waals surface area (Å²) in [7, 11) is 0. The van der Waals surface area contributed by atoms with Crippen molar-refractivity contribution >= 4 is 22.7 Å². The number of amides is 2. The molecule has 3 aromatic rings. The number of aromatic nitrogens is 4. The zero-order chi connectivity index (χ0) is 22.5. The highest BCUT2D eigenvalue weighted by Crippen LogP contribution is 2.26. The van der Waals surface area contributed by atoms with E-state index in [1.807, 2.05) is 30.1 Å². The molecule has 0 bridgehead atoms. The molecule has 2 amide bonds. The fraction of sp³-hybridized carbons (Fsp3) is 0.435. The van der Waals surface area contributed by atoms with Crippen LogP contribution in [0.15, 0.2) is 30.7 Å². The van der Waals surface area contributed by atoms with E-state index in [4.69, 9.17) is 4.74 Å². The van der Waals surface area contributed by atoms with E-state index in [9.17, 15) is 9.59 Å². The van der Waals surface area contributed by atoms with Crippen LogP contribution >= 0.6 is 0 Å². The molecule has 0 atom stereocenters. The summed E-state index contributed by atoms with van der Waals surface area (Å²) in [5, 5.41) is 10.9. The highest BCUT2D eigenvalue weighted by atomic mass is 16.5. The molecule has 3 heterocycles. The Hall–Kier alpha value is -3.49. The first kappa shape index (κ1) is 21.7. The van der Waals surface area contributed by atoms with Gasteiger partial charge in [0.2, 0.25) is 17.7 Å². The van der Waals surface area contributed by atoms with Gasteiger partial charge in [-0.2, -0.15) is 5.10 Å². The van der Waals surface area contributed by atoms with E-state index in [-0.39, 0.29) is 18.2 Å². The summed E-state index contributed by atoms with van der Waals surface area (Å²) < 4.78 is 7.77. The number of hydrogen-bond donors (Lipinski definition) is 2. The summed E-state index contributed by atoms with van der Waals surface area (Å²) in [6, 6.07) is 3.91. The number of pyridine rings is 2. The third-order valence-corrected chi connectivity index (χ3v) is 5.47. The summed E-state index contributed by atoms with van der Waals surface area (Å²) >= 11 is 0. The predicted octanol–water partition coefficient (Wildman–Crippen LogP) is 1.91. The first-order valence-electron chi connectivity index (χ1n) is 10.9. The summed E-state index contributed by atoms with van der Waals surface area (Å²) in [6.07, 6.45) is 9.29. The lowest BCUT2D eigenvalue weighted by Gasteiger charge is -2.26. The highest BCUT2D eigenvalue weighted by molar-refractivity contribution is 5.86. The number of fused-ring (bicyclic) bond motifs is 1. The number of rotatable bonds is 9. The van der Waals surface area contributed by atoms with Crippen LogP contribution < -0.4 is 15.4 Å². The second-order valence-corrected chi connectivity index (χ2v) is 8.16. The second-order valence-electron chi connectivity index (χ2n) is 8.16. The van der Waals surface area contributed by atoms with Gasteiger partial charge in [-0.3, -0.25) is 19.3 Å². The Morgan fingerprint density at radius 1 is 1.22 bits per heavy atom. The molecular weight excluding hydrogens is 408 g/mol. The smallest absolute Gasteiger partial charge is 0.226 e. The molecule has 3 aromatic heterocycles. The van der Waals surface area contributed by atoms with Gasteiger partial charge in [-0.25, -0.2) is 4.98 Å². The molecule has 4 rings (SSSR count). The summed E-state index contributed by atoms with van der Waals surface area (Å²) in [5.74, 6) is 0.439. The monoisotopic (exact) mass is 436 g/mol. The maximum Gasteiger partial charge on any atom is 0.226 e. The number of carbonyl (C=O) groups excluding carboxylic acids is 2. The Bertz CT molecular complexity index is 1120. The standard InChI is InChI=1S/C23H28N6O3/c1-15-10-17(12-27-23(15)32-18-4-3-5-18)13-29-14-19-20(28-29)6-7-25-21(19)11-22(31)26-9-8-24-16(2)30/h6-7,10,12,14,18H,3-5,8-9,11,13H2,1-2H3,(H,24,30)(H,26,31). The Morgan fingerprint density at radius 3 is 2.75 bits per heavy atom. The van der Waals surface area contributed by atoms with Crippen LogP contribution in [0.25, 0.3) is 10.9 Å². The molecule has 1 aliphatic carbocycles. The number of aryl methyl sites for hydroxylation is 1. The number of ether oxygens (including phenoxy) is 1. The van der Waals surface area contributed by atoms with Crippen LogP contribution in [0, 0.1) is 6.92 Å². The molecule has 168 valence electrons. The van der Waals surface area contributed by atoms with E-state index >= 15 is 0 Å². The van der Waals surface area contributed by atoms with Gasteiger partial charge in [0.25, 0.3) is 0 Å². The van der Waals surface area contributed by atoms with E-state index < -0.39 is 0 Å². The van der Waals surface area contributed by atoms with Crippen molar-refractivity contribution < 1.29 is 14.3 Å². The van der Waals surface area contributed by atoms with Gasteiger partial charge in [0.15, 0.2) is 0 Å². The molecule has 9 nitrogen and oxygen atoms in total. The van der Waals surface area contributed by atoms with Crippen LogP contribution in [0.4, 0.5) is 0 Å². The summed E-state index contributed by atoms with van der Waals surface area (Å²) in [6.45, 7) is 4.79. The van der Waals surface area contributed by atoms with Crippen LogP contribution in [0.5, 0.6) is 5.88 Å². The van der Waals surface area contributed by atoms with Gasteiger partial charge in [0.1, 0.15) is 6.10 Å². The lowest BCUT2D eigenvalue weighted by atomic mass is 9.96. The molecule has 0 aliphatic heterocycles. The maximum absolute atomic E-state index is 12.3. The van der Waals surface area contributed by atoms with Gasteiger partial charge >= 0.3 is 0 Å². The third kappa shape index (κ3) is 5.40. The zero-order valence-corrected chi connectivity index (χ0v) is 18.4. The van der Waals surface area contributed by atoms with Crippen molar-refractivity contribution in [3.8, 4) is 5.88 Å². The SMILES string of the molecule is CC(=O)NCCNC(=O)Cc1nccc2nn(Cc3cnc(OC4CCC4)c(C)c3)cc12. The molecule has 32 heavy (non-hydrogen) atoms. The Kier molecular flexibility index (Phi) is 6.63. The van der Waals surface area contributed by atoms with E-state index in [1.165, 1.54) is 13.3 Å². The highest BCUT2D eigenvalue weighted by Gasteiger charge is 2.20. The average Bonchev–Trinajstić information content (AvgIpc) is 3.13. The van der Waals surface area contributed by atoms with E-state index in [2.05, 4.69) is 31.8 Å². The predicted molar refractivity (Wildman–Crippen MR) is 119 cm³/mol. The van der Waals surface area contributed by atoms with Gasteiger partial charge in [-0.15, -0.1) is 0 Å². The average molecular weight is 437 g/mol. The topological polar surface area (TPSA) is 111 Å². The van der Waals surface area contributed by atoms with Crippen LogP contribution in [0.1, 0.15) is 43.0 Å². The molecule has 1 fully saturated rings. The Morgan fingerprint density at radius 2 is 2.03 bits per heavy atom. The molecule has 2 N–H and O–H groups in total. The fourth-order valence-electron chi connectivity index (χ4n) is 3.59. The van der Waals surface area contributed by atoms with Crippen molar-refractivity contribution in [3.05, 3.63) is 47.5 Å². The summed E-state index contributed by atoms with van der Waals surface area (Å²) in [5.41, 5.74) is 3.51. The minimum atomic E-state index is -0.148. The van der Waals surface area contributed by atoms with Crippen molar-refractivity contribution in [2.75, 3.05) is 13.1 Å². The van der Waals surface area contributed by atoms with Gasteiger partial charge < -0.3 is 15.4 Å². The molecule has 1 saturated carbocycles. The van der Waals surface area contributed by atoms with Crippen LogP contribution in [0.3, 0.4) is 0 Å². The van der Waals surface area contributed by atoms with E-state index in [1.54, 1.807) is 6.20 Å². The lowest BCUT2D eigenvalue weighted by molar-refractivity contribution is -0.121. The van der Waals surface area contributed by atoms with Crippen molar-refractivity contribution in [2.45, 2.75) is 52.2 Å². The van der Waals surface area contributed by atoms with E-state index in [0.717, 1.165) is 34.9 Å². The molecule has 0 saturated heterocycles. The van der Waals surface area contributed by atoms with Crippen LogP contribution in [-0.4, -0.2) is 50.8 Å². The van der Waals surface area contributed by atoms with Gasteiger partial charge in [-0.05, 0) is 43.9 Å². The minimum absolute atomic E-state index is 0.121. The first-order valence-corrected chi connectivity index (χ1v) is 10.9. The quantitative estimate of drug-likeness (QED) is 0.496. The summed E-state index contributed by atoms with van der Waals surface area (Å²) in [4.78, 5) is 32.0. The van der Waals surface area contributed by atoms with Gasteiger partial charge in [0.05, 0.1) is 24.2 Å². The van der Waals surface area contributed by atoms with Crippen molar-refractivity contribution in [3.63, 3.8) is 0 Å². The van der Waals surface area contributed by atoms with Crippen molar-refractivity contribution in [1.29, 1.82) is 0 Å². The molecule has 9 heteroatoms. The third-order valence-electron chi connectivity index (χ3n) is 5.47.